The van der Waals surface area contributed by atoms with Crippen LogP contribution in [0.3, 0.4) is 0 Å². The highest BCUT2D eigenvalue weighted by Crippen LogP contribution is 2.34. The number of aryl methyl sites for hydroxylation is 1. The van der Waals surface area contributed by atoms with Crippen molar-refractivity contribution in [2.24, 2.45) is 16.3 Å². The Morgan fingerprint density at radius 2 is 2.04 bits per heavy atom. The van der Waals surface area contributed by atoms with Gasteiger partial charge in [0.2, 0.25) is 0 Å². The molecule has 2 atom stereocenters. The number of nitrogens with zero attached hydrogens (tertiary/aromatic N) is 2. The van der Waals surface area contributed by atoms with E-state index in [2.05, 4.69) is 62.2 Å². The van der Waals surface area contributed by atoms with Gasteiger partial charge >= 0.3 is 0 Å². The summed E-state index contributed by atoms with van der Waals surface area (Å²) >= 11 is 0. The highest BCUT2D eigenvalue weighted by molar-refractivity contribution is 14.0. The Bertz CT molecular complexity index is 614. The van der Waals surface area contributed by atoms with Gasteiger partial charge < -0.3 is 15.0 Å². The van der Waals surface area contributed by atoms with Gasteiger partial charge in [-0.15, -0.1) is 24.0 Å². The summed E-state index contributed by atoms with van der Waals surface area (Å²) in [6.45, 7) is 13.8. The van der Waals surface area contributed by atoms with Crippen LogP contribution in [0.15, 0.2) is 29.3 Å². The third kappa shape index (κ3) is 6.08. The average Bonchev–Trinajstić information content (AvgIpc) is 2.99. The second-order valence-corrected chi connectivity index (χ2v) is 8.63. The van der Waals surface area contributed by atoms with Gasteiger partial charge in [0.15, 0.2) is 5.96 Å². The Morgan fingerprint density at radius 1 is 1.30 bits per heavy atom. The van der Waals surface area contributed by atoms with Gasteiger partial charge in [-0.25, -0.2) is 0 Å². The molecule has 5 heteroatoms. The summed E-state index contributed by atoms with van der Waals surface area (Å²) < 4.78 is 6.16. The second kappa shape index (κ2) is 10.1. The topological polar surface area (TPSA) is 36.9 Å². The van der Waals surface area contributed by atoms with Crippen molar-refractivity contribution >= 4 is 29.9 Å². The number of rotatable bonds is 4. The van der Waals surface area contributed by atoms with Gasteiger partial charge in [-0.05, 0) is 44.1 Å². The van der Waals surface area contributed by atoms with Gasteiger partial charge in [0.25, 0.3) is 0 Å². The first kappa shape index (κ1) is 22.5. The predicted octanol–water partition coefficient (Wildman–Crippen LogP) is 4.78. The van der Waals surface area contributed by atoms with Crippen LogP contribution in [-0.4, -0.2) is 43.6 Å². The molecule has 2 heterocycles. The molecule has 0 spiro atoms. The minimum Gasteiger partial charge on any atom is -0.373 e. The lowest BCUT2D eigenvalue weighted by Gasteiger charge is -2.32. The van der Waals surface area contributed by atoms with Crippen LogP contribution in [0.5, 0.6) is 0 Å². The van der Waals surface area contributed by atoms with E-state index >= 15 is 0 Å². The minimum atomic E-state index is 0. The molecule has 3 rings (SSSR count). The number of hydrogen-bond donors (Lipinski definition) is 1. The second-order valence-electron chi connectivity index (χ2n) is 8.63. The largest absolute Gasteiger partial charge is 0.373 e. The van der Waals surface area contributed by atoms with Crippen LogP contribution in [0.25, 0.3) is 0 Å². The maximum absolute atomic E-state index is 6.16. The maximum Gasteiger partial charge on any atom is 0.193 e. The fourth-order valence-electron chi connectivity index (χ4n) is 4.08. The molecule has 0 bridgehead atoms. The van der Waals surface area contributed by atoms with Crippen molar-refractivity contribution in [2.75, 3.05) is 32.8 Å². The Balaban J connectivity index is 0.00000261. The van der Waals surface area contributed by atoms with Crippen molar-refractivity contribution in [1.82, 2.24) is 10.2 Å². The van der Waals surface area contributed by atoms with Crippen LogP contribution in [0.2, 0.25) is 0 Å². The van der Waals surface area contributed by atoms with Crippen molar-refractivity contribution in [2.45, 2.75) is 53.1 Å². The summed E-state index contributed by atoms with van der Waals surface area (Å²) in [5, 5.41) is 3.50. The molecule has 0 radical (unpaired) electrons. The van der Waals surface area contributed by atoms with Gasteiger partial charge in [-0.1, -0.05) is 43.7 Å². The number of hydrogen-bond acceptors (Lipinski definition) is 2. The first-order valence-corrected chi connectivity index (χ1v) is 10.2. The van der Waals surface area contributed by atoms with E-state index < -0.39 is 0 Å². The molecular weight excluding hydrogens is 449 g/mol. The van der Waals surface area contributed by atoms with Crippen molar-refractivity contribution < 1.29 is 4.74 Å². The highest BCUT2D eigenvalue weighted by atomic mass is 127. The first-order valence-electron chi connectivity index (χ1n) is 10.2. The van der Waals surface area contributed by atoms with E-state index in [4.69, 9.17) is 9.73 Å². The molecule has 0 amide bonds. The van der Waals surface area contributed by atoms with Gasteiger partial charge in [-0.3, -0.25) is 4.99 Å². The lowest BCUT2D eigenvalue weighted by Crippen LogP contribution is -2.41. The van der Waals surface area contributed by atoms with Crippen molar-refractivity contribution in [3.8, 4) is 0 Å². The zero-order valence-corrected chi connectivity index (χ0v) is 19.7. The molecular formula is C22H36IN3O. The highest BCUT2D eigenvalue weighted by Gasteiger charge is 2.32. The molecule has 0 aliphatic carbocycles. The van der Waals surface area contributed by atoms with Crippen LogP contribution in [0.1, 0.15) is 57.3 Å². The number of guanidine groups is 1. The smallest absolute Gasteiger partial charge is 0.193 e. The van der Waals surface area contributed by atoms with Crippen molar-refractivity contribution in [3.05, 3.63) is 35.4 Å². The third-order valence-corrected chi connectivity index (χ3v) is 5.64. The molecule has 0 aromatic heterocycles. The quantitative estimate of drug-likeness (QED) is 0.379. The summed E-state index contributed by atoms with van der Waals surface area (Å²) in [6.07, 6.45) is 3.73. The summed E-state index contributed by atoms with van der Waals surface area (Å²) in [6, 6.07) is 8.81. The summed E-state index contributed by atoms with van der Waals surface area (Å²) in [4.78, 5) is 7.45. The minimum absolute atomic E-state index is 0. The van der Waals surface area contributed by atoms with Crippen molar-refractivity contribution in [3.63, 3.8) is 0 Å². The molecule has 1 aromatic carbocycles. The lowest BCUT2D eigenvalue weighted by atomic mass is 9.89. The van der Waals surface area contributed by atoms with E-state index in [1.165, 1.54) is 24.0 Å². The molecule has 2 unspecified atom stereocenters. The maximum atomic E-state index is 6.16. The molecule has 1 aromatic rings. The zero-order valence-electron chi connectivity index (χ0n) is 17.3. The van der Waals surface area contributed by atoms with Gasteiger partial charge in [-0.2, -0.15) is 0 Å². The van der Waals surface area contributed by atoms with Crippen LogP contribution in [0, 0.1) is 18.3 Å². The molecule has 2 saturated heterocycles. The molecule has 2 aliphatic rings. The van der Waals surface area contributed by atoms with Gasteiger partial charge in [0, 0.05) is 38.7 Å². The van der Waals surface area contributed by atoms with E-state index in [-0.39, 0.29) is 30.1 Å². The number of nitrogens with one attached hydrogen (secondary N) is 1. The number of halogens is 1. The Labute approximate surface area is 182 Å². The Kier molecular flexibility index (Phi) is 8.40. The fraction of sp³-hybridized carbons (Fsp3) is 0.682. The molecule has 1 N–H and O–H groups in total. The van der Waals surface area contributed by atoms with E-state index in [0.29, 0.717) is 11.3 Å². The number of aliphatic imine (C=N–C) groups is 1. The predicted molar refractivity (Wildman–Crippen MR) is 124 cm³/mol. The SMILES string of the molecule is CCNC(=NCC1CCCOC1c1ccc(C)cc1)N1CCC(C)(C)C1.I. The third-order valence-electron chi connectivity index (χ3n) is 5.64. The average molecular weight is 485 g/mol. The standard InChI is InChI=1S/C22H35N3O.HI/c1-5-23-21(25-13-12-22(3,4)16-25)24-15-19-7-6-14-26-20(19)18-10-8-17(2)9-11-18;/h8-11,19-20H,5-7,12-16H2,1-4H3,(H,23,24);1H. The summed E-state index contributed by atoms with van der Waals surface area (Å²) in [7, 11) is 0. The van der Waals surface area contributed by atoms with E-state index in [9.17, 15) is 0 Å². The fourth-order valence-corrected chi connectivity index (χ4v) is 4.08. The molecule has 27 heavy (non-hydrogen) atoms. The van der Waals surface area contributed by atoms with E-state index in [1.807, 2.05) is 0 Å². The monoisotopic (exact) mass is 485 g/mol. The first-order chi connectivity index (χ1) is 12.5. The van der Waals surface area contributed by atoms with Gasteiger partial charge in [0.1, 0.15) is 0 Å². The molecule has 0 saturated carbocycles. The number of likely N-dealkylation sites (tertiary alicyclic amines) is 1. The molecule has 2 aliphatic heterocycles. The van der Waals surface area contributed by atoms with Crippen LogP contribution < -0.4 is 5.32 Å². The molecule has 2 fully saturated rings. The zero-order chi connectivity index (χ0) is 18.6. The van der Waals surface area contributed by atoms with Crippen LogP contribution in [-0.2, 0) is 4.74 Å². The van der Waals surface area contributed by atoms with Crippen molar-refractivity contribution in [1.29, 1.82) is 0 Å². The number of benzene rings is 1. The Hall–Kier alpha value is -0.820. The summed E-state index contributed by atoms with van der Waals surface area (Å²) in [5.41, 5.74) is 2.97. The van der Waals surface area contributed by atoms with E-state index in [0.717, 1.165) is 45.2 Å². The lowest BCUT2D eigenvalue weighted by molar-refractivity contribution is -0.0250. The Morgan fingerprint density at radius 3 is 2.67 bits per heavy atom. The van der Waals surface area contributed by atoms with Crippen LogP contribution in [0.4, 0.5) is 0 Å². The number of ether oxygens (including phenoxy) is 1. The summed E-state index contributed by atoms with van der Waals surface area (Å²) in [5.74, 6) is 1.53. The van der Waals surface area contributed by atoms with E-state index in [1.54, 1.807) is 0 Å². The normalized spacial score (nSPS) is 25.2. The van der Waals surface area contributed by atoms with Crippen LogP contribution >= 0.6 is 24.0 Å². The van der Waals surface area contributed by atoms with Gasteiger partial charge in [0.05, 0.1) is 6.10 Å². The molecule has 4 nitrogen and oxygen atoms in total. The molecule has 152 valence electrons.